The van der Waals surface area contributed by atoms with Gasteiger partial charge in [-0.15, -0.1) is 0 Å². The molecule has 1 unspecified atom stereocenters. The van der Waals surface area contributed by atoms with E-state index in [0.717, 1.165) is 0 Å². The molecule has 0 radical (unpaired) electrons. The van der Waals surface area contributed by atoms with Gasteiger partial charge in [0.25, 0.3) is 5.84 Å². The quantitative estimate of drug-likeness (QED) is 0.726. The number of amides is 3. The second kappa shape index (κ2) is 3.77. The average molecular weight is 280 g/mol. The SMILES string of the molecule is O=C(O)[N+]12C(=O)Nc3ccccc3C1=Nc1ccccc12. The number of benzene rings is 2. The summed E-state index contributed by atoms with van der Waals surface area (Å²) in [7, 11) is 0. The van der Waals surface area contributed by atoms with Crippen LogP contribution in [0, 0.1) is 0 Å². The fourth-order valence-corrected chi connectivity index (χ4v) is 2.86. The number of aliphatic imine (C=N–C) groups is 1. The van der Waals surface area contributed by atoms with Gasteiger partial charge in [0.2, 0.25) is 0 Å². The first-order chi connectivity index (χ1) is 10.2. The average Bonchev–Trinajstić information content (AvgIpc) is 2.84. The lowest BCUT2D eigenvalue weighted by Crippen LogP contribution is -2.64. The Labute approximate surface area is 119 Å². The van der Waals surface area contributed by atoms with Crippen molar-refractivity contribution in [1.29, 1.82) is 0 Å². The molecule has 2 aromatic carbocycles. The molecule has 0 aliphatic carbocycles. The van der Waals surface area contributed by atoms with E-state index in [1.54, 1.807) is 48.5 Å². The van der Waals surface area contributed by atoms with Crippen molar-refractivity contribution in [2.75, 3.05) is 5.32 Å². The zero-order valence-electron chi connectivity index (χ0n) is 10.8. The minimum absolute atomic E-state index is 0.225. The number of rotatable bonds is 0. The van der Waals surface area contributed by atoms with E-state index in [9.17, 15) is 14.7 Å². The van der Waals surface area contributed by atoms with Crippen LogP contribution < -0.4 is 9.80 Å². The van der Waals surface area contributed by atoms with E-state index in [2.05, 4.69) is 10.3 Å². The number of carbonyl (C=O) groups excluding carboxylic acids is 1. The number of imide groups is 1. The number of quaternary nitrogens is 1. The third kappa shape index (κ3) is 1.27. The Hall–Kier alpha value is -2.99. The fourth-order valence-electron chi connectivity index (χ4n) is 2.86. The molecule has 2 heterocycles. The summed E-state index contributed by atoms with van der Waals surface area (Å²) in [4.78, 5) is 28.9. The van der Waals surface area contributed by atoms with Crippen LogP contribution in [0.25, 0.3) is 0 Å². The maximum absolute atomic E-state index is 12.6. The van der Waals surface area contributed by atoms with Crippen molar-refractivity contribution in [3.8, 4) is 0 Å². The minimum Gasteiger partial charge on any atom is -0.434 e. The highest BCUT2D eigenvalue weighted by atomic mass is 16.4. The number of nitrogens with one attached hydrogen (secondary N) is 1. The van der Waals surface area contributed by atoms with E-state index in [1.807, 2.05) is 0 Å². The molecule has 6 heteroatoms. The lowest BCUT2D eigenvalue weighted by Gasteiger charge is -2.30. The van der Waals surface area contributed by atoms with Crippen LogP contribution in [0.15, 0.2) is 53.5 Å². The van der Waals surface area contributed by atoms with Crippen molar-refractivity contribution in [1.82, 2.24) is 4.48 Å². The summed E-state index contributed by atoms with van der Waals surface area (Å²) in [6, 6.07) is 13.2. The van der Waals surface area contributed by atoms with Gasteiger partial charge in [-0.1, -0.05) is 28.7 Å². The molecule has 0 fully saturated rings. The van der Waals surface area contributed by atoms with Crippen LogP contribution in [0.1, 0.15) is 5.56 Å². The summed E-state index contributed by atoms with van der Waals surface area (Å²) >= 11 is 0. The Bertz CT molecular complexity index is 844. The maximum atomic E-state index is 12.6. The molecule has 2 N–H and O–H groups in total. The molecule has 21 heavy (non-hydrogen) atoms. The van der Waals surface area contributed by atoms with Crippen molar-refractivity contribution < 1.29 is 14.7 Å². The van der Waals surface area contributed by atoms with E-state index in [1.165, 1.54) is 0 Å². The lowest BCUT2D eigenvalue weighted by molar-refractivity contribution is 0.172. The third-order valence-electron chi connectivity index (χ3n) is 3.79. The van der Waals surface area contributed by atoms with E-state index in [-0.39, 0.29) is 5.84 Å². The molecule has 0 saturated carbocycles. The number of urea groups is 1. The molecule has 2 aliphatic heterocycles. The molecule has 0 saturated heterocycles. The number of anilines is 1. The monoisotopic (exact) mass is 280 g/mol. The van der Waals surface area contributed by atoms with E-state index < -0.39 is 16.6 Å². The molecule has 2 aliphatic rings. The number of para-hydroxylation sites is 3. The number of nitrogens with zero attached hydrogens (tertiary/aromatic N) is 2. The third-order valence-corrected chi connectivity index (χ3v) is 3.79. The first-order valence-electron chi connectivity index (χ1n) is 6.38. The Morgan fingerprint density at radius 1 is 1.10 bits per heavy atom. The van der Waals surface area contributed by atoms with E-state index >= 15 is 0 Å². The number of fused-ring (bicyclic) bond motifs is 5. The summed E-state index contributed by atoms with van der Waals surface area (Å²) < 4.78 is -0.937. The molecule has 0 spiro atoms. The molecule has 6 nitrogen and oxygen atoms in total. The largest absolute Gasteiger partial charge is 0.534 e. The summed E-state index contributed by atoms with van der Waals surface area (Å²) in [5.74, 6) is 0.225. The Morgan fingerprint density at radius 2 is 1.81 bits per heavy atom. The fraction of sp³-hybridized carbons (Fsp3) is 0. The van der Waals surface area contributed by atoms with Gasteiger partial charge in [0.05, 0.1) is 11.3 Å². The number of amidine groups is 1. The molecule has 1 atom stereocenters. The van der Waals surface area contributed by atoms with Crippen LogP contribution in [0.5, 0.6) is 0 Å². The van der Waals surface area contributed by atoms with Gasteiger partial charge in [0.1, 0.15) is 5.69 Å². The number of carboxylic acid groups (broad SMARTS) is 1. The van der Waals surface area contributed by atoms with Crippen LogP contribution in [-0.2, 0) is 0 Å². The second-order valence-electron chi connectivity index (χ2n) is 4.85. The molecule has 0 bridgehead atoms. The van der Waals surface area contributed by atoms with Crippen molar-refractivity contribution in [2.24, 2.45) is 4.99 Å². The Balaban J connectivity index is 2.11. The standard InChI is InChI=1S/C15H9N3O3/c19-14-17-10-6-2-1-5-9(10)13-16-11-7-3-4-8-12(11)18(13,14)15(20)21/h1-8H,(H-,16,17,19,20,21)/p+1. The molecule has 0 aromatic heterocycles. The summed E-state index contributed by atoms with van der Waals surface area (Å²) in [6.45, 7) is 0. The van der Waals surface area contributed by atoms with Crippen LogP contribution in [0.4, 0.5) is 26.7 Å². The van der Waals surface area contributed by atoms with Crippen LogP contribution in [-0.4, -0.2) is 23.1 Å². The highest BCUT2D eigenvalue weighted by Gasteiger charge is 2.61. The summed E-state index contributed by atoms with van der Waals surface area (Å²) in [5, 5.41) is 12.4. The molecule has 102 valence electrons. The first kappa shape index (κ1) is 11.8. The smallest absolute Gasteiger partial charge is 0.434 e. The number of hydrogen-bond acceptors (Lipinski definition) is 3. The van der Waals surface area contributed by atoms with Gasteiger partial charge >= 0.3 is 12.1 Å². The minimum atomic E-state index is -1.27. The van der Waals surface area contributed by atoms with Crippen molar-refractivity contribution in [2.45, 2.75) is 0 Å². The summed E-state index contributed by atoms with van der Waals surface area (Å²) in [5.41, 5.74) is 2.05. The van der Waals surface area contributed by atoms with Crippen LogP contribution >= 0.6 is 0 Å². The Morgan fingerprint density at radius 3 is 2.62 bits per heavy atom. The maximum Gasteiger partial charge on any atom is 0.534 e. The molecule has 3 amide bonds. The molecular weight excluding hydrogens is 270 g/mol. The zero-order chi connectivity index (χ0) is 14.6. The van der Waals surface area contributed by atoms with Crippen molar-refractivity contribution >= 4 is 35.0 Å². The van der Waals surface area contributed by atoms with Crippen LogP contribution in [0.3, 0.4) is 0 Å². The molecule has 2 aromatic rings. The Kier molecular flexibility index (Phi) is 2.12. The van der Waals surface area contributed by atoms with Gasteiger partial charge in [0, 0.05) is 6.07 Å². The van der Waals surface area contributed by atoms with Gasteiger partial charge in [-0.25, -0.2) is 4.79 Å². The lowest BCUT2D eigenvalue weighted by atomic mass is 10.1. The van der Waals surface area contributed by atoms with Gasteiger partial charge in [0.15, 0.2) is 5.69 Å². The van der Waals surface area contributed by atoms with E-state index in [0.29, 0.717) is 22.6 Å². The summed E-state index contributed by atoms with van der Waals surface area (Å²) in [6.07, 6.45) is -1.27. The van der Waals surface area contributed by atoms with Crippen molar-refractivity contribution in [3.63, 3.8) is 0 Å². The molecule has 4 rings (SSSR count). The predicted octanol–water partition coefficient (Wildman–Crippen LogP) is 3.31. The van der Waals surface area contributed by atoms with Gasteiger partial charge in [-0.05, 0) is 18.2 Å². The normalized spacial score (nSPS) is 21.7. The number of hydrogen-bond donors (Lipinski definition) is 2. The highest BCUT2D eigenvalue weighted by Crippen LogP contribution is 2.45. The molecular formula is C15H10N3O3+. The van der Waals surface area contributed by atoms with Crippen molar-refractivity contribution in [3.05, 3.63) is 54.1 Å². The highest BCUT2D eigenvalue weighted by molar-refractivity contribution is 6.37. The first-order valence-corrected chi connectivity index (χ1v) is 6.38. The van der Waals surface area contributed by atoms with Gasteiger partial charge < -0.3 is 5.11 Å². The topological polar surface area (TPSA) is 78.8 Å². The van der Waals surface area contributed by atoms with E-state index in [4.69, 9.17) is 0 Å². The van der Waals surface area contributed by atoms with Gasteiger partial charge in [-0.2, -0.15) is 9.79 Å². The number of carbonyl (C=O) groups is 2. The second-order valence-corrected chi connectivity index (χ2v) is 4.85. The van der Waals surface area contributed by atoms with Crippen LogP contribution in [0.2, 0.25) is 0 Å². The zero-order valence-corrected chi connectivity index (χ0v) is 10.8. The predicted molar refractivity (Wildman–Crippen MR) is 77.9 cm³/mol. The van der Waals surface area contributed by atoms with Gasteiger partial charge in [-0.3, -0.25) is 5.32 Å².